The van der Waals surface area contributed by atoms with E-state index in [1.54, 1.807) is 0 Å². The maximum absolute atomic E-state index is 12.7. The van der Waals surface area contributed by atoms with Gasteiger partial charge in [0, 0.05) is 12.3 Å². The lowest BCUT2D eigenvalue weighted by Gasteiger charge is -2.21. The lowest BCUT2D eigenvalue weighted by molar-refractivity contribution is -0.124. The summed E-state index contributed by atoms with van der Waals surface area (Å²) in [5.41, 5.74) is 2.26. The number of carbonyl (C=O) groups is 2. The zero-order chi connectivity index (χ0) is 18.2. The van der Waals surface area contributed by atoms with Crippen LogP contribution in [0.1, 0.15) is 24.0 Å². The number of aryl methyl sites for hydroxylation is 1. The van der Waals surface area contributed by atoms with Crippen molar-refractivity contribution in [3.63, 3.8) is 0 Å². The predicted molar refractivity (Wildman–Crippen MR) is 106 cm³/mol. The molecule has 2 atom stereocenters. The zero-order valence-corrected chi connectivity index (χ0v) is 15.5. The summed E-state index contributed by atoms with van der Waals surface area (Å²) < 4.78 is 0. The van der Waals surface area contributed by atoms with Crippen LogP contribution in [0.2, 0.25) is 0 Å². The molecule has 0 bridgehead atoms. The lowest BCUT2D eigenvalue weighted by atomic mass is 10.0. The number of amides is 1. The number of rotatable bonds is 8. The summed E-state index contributed by atoms with van der Waals surface area (Å²) >= 11 is 1.35. The molecule has 5 heteroatoms. The van der Waals surface area contributed by atoms with Crippen molar-refractivity contribution in [1.82, 2.24) is 10.6 Å². The molecular formula is C21H24N2O2S. The van der Waals surface area contributed by atoms with E-state index < -0.39 is 0 Å². The van der Waals surface area contributed by atoms with E-state index in [4.69, 9.17) is 0 Å². The molecule has 0 aliphatic carbocycles. The molecule has 0 spiro atoms. The van der Waals surface area contributed by atoms with Crippen LogP contribution in [0.15, 0.2) is 60.7 Å². The van der Waals surface area contributed by atoms with Crippen molar-refractivity contribution in [2.45, 2.75) is 37.9 Å². The highest BCUT2D eigenvalue weighted by atomic mass is 32.2. The molecule has 3 rings (SSSR count). The molecule has 1 fully saturated rings. The molecular weight excluding hydrogens is 344 g/mol. The molecule has 2 unspecified atom stereocenters. The van der Waals surface area contributed by atoms with Gasteiger partial charge >= 0.3 is 0 Å². The second kappa shape index (κ2) is 9.55. The van der Waals surface area contributed by atoms with E-state index >= 15 is 0 Å². The summed E-state index contributed by atoms with van der Waals surface area (Å²) in [6, 6.07) is 19.4. The highest BCUT2D eigenvalue weighted by Crippen LogP contribution is 2.20. The Morgan fingerprint density at radius 3 is 2.31 bits per heavy atom. The molecule has 2 N–H and O–H groups in total. The average molecular weight is 369 g/mol. The fourth-order valence-electron chi connectivity index (χ4n) is 3.04. The van der Waals surface area contributed by atoms with E-state index in [0.29, 0.717) is 13.0 Å². The van der Waals surface area contributed by atoms with Crippen LogP contribution in [0.4, 0.5) is 0 Å². The monoisotopic (exact) mass is 368 g/mol. The summed E-state index contributed by atoms with van der Waals surface area (Å²) in [6.07, 6.45) is 2.25. The van der Waals surface area contributed by atoms with Gasteiger partial charge in [0.25, 0.3) is 0 Å². The first-order valence-electron chi connectivity index (χ1n) is 9.00. The SMILES string of the molecule is O=C(NCc1ccccc1)C(CCc1ccccc1)NC1CCSC1=O. The molecule has 4 nitrogen and oxygen atoms in total. The van der Waals surface area contributed by atoms with E-state index in [-0.39, 0.29) is 23.1 Å². The maximum atomic E-state index is 12.7. The van der Waals surface area contributed by atoms with Gasteiger partial charge < -0.3 is 5.32 Å². The Balaban J connectivity index is 1.60. The van der Waals surface area contributed by atoms with Crippen LogP contribution >= 0.6 is 11.8 Å². The zero-order valence-electron chi connectivity index (χ0n) is 14.7. The lowest BCUT2D eigenvalue weighted by Crippen LogP contribution is -2.49. The van der Waals surface area contributed by atoms with Crippen LogP contribution in [0.25, 0.3) is 0 Å². The van der Waals surface area contributed by atoms with Crippen LogP contribution < -0.4 is 10.6 Å². The molecule has 1 heterocycles. The van der Waals surface area contributed by atoms with Crippen molar-refractivity contribution in [2.75, 3.05) is 5.75 Å². The molecule has 1 amide bonds. The van der Waals surface area contributed by atoms with Gasteiger partial charge in [0.15, 0.2) is 0 Å². The van der Waals surface area contributed by atoms with Gasteiger partial charge in [0.05, 0.1) is 12.1 Å². The Kier molecular flexibility index (Phi) is 6.86. The van der Waals surface area contributed by atoms with E-state index in [1.807, 2.05) is 48.5 Å². The normalized spacial score (nSPS) is 17.8. The van der Waals surface area contributed by atoms with E-state index in [1.165, 1.54) is 17.3 Å². The van der Waals surface area contributed by atoms with E-state index in [9.17, 15) is 9.59 Å². The third-order valence-corrected chi connectivity index (χ3v) is 5.54. The van der Waals surface area contributed by atoms with Gasteiger partial charge in [0.2, 0.25) is 11.0 Å². The molecule has 2 aromatic carbocycles. The molecule has 26 heavy (non-hydrogen) atoms. The Labute approximate surface area is 158 Å². The van der Waals surface area contributed by atoms with E-state index in [0.717, 1.165) is 24.2 Å². The minimum Gasteiger partial charge on any atom is -0.351 e. The first-order chi connectivity index (χ1) is 12.7. The van der Waals surface area contributed by atoms with Gasteiger partial charge in [-0.25, -0.2) is 0 Å². The van der Waals surface area contributed by atoms with Gasteiger partial charge in [0.1, 0.15) is 0 Å². The maximum Gasteiger partial charge on any atom is 0.237 e. The second-order valence-electron chi connectivity index (χ2n) is 6.46. The third-order valence-electron chi connectivity index (χ3n) is 4.53. The molecule has 1 aliphatic heterocycles. The Hall–Kier alpha value is -2.11. The molecule has 136 valence electrons. The standard InChI is InChI=1S/C21H24N2O2S/c24-20(22-15-17-9-5-2-6-10-17)18(23-19-13-14-26-21(19)25)12-11-16-7-3-1-4-8-16/h1-10,18-19,23H,11-15H2,(H,22,24). The Morgan fingerprint density at radius 2 is 1.69 bits per heavy atom. The quantitative estimate of drug-likeness (QED) is 0.752. The average Bonchev–Trinajstić information content (AvgIpc) is 3.09. The first kappa shape index (κ1) is 18.7. The number of carbonyl (C=O) groups excluding carboxylic acids is 2. The van der Waals surface area contributed by atoms with Gasteiger partial charge in [-0.2, -0.15) is 0 Å². The molecule has 2 aromatic rings. The number of thioether (sulfide) groups is 1. The van der Waals surface area contributed by atoms with Crippen molar-refractivity contribution in [3.05, 3.63) is 71.8 Å². The minimum absolute atomic E-state index is 0.0468. The third kappa shape index (κ3) is 5.44. The molecule has 0 radical (unpaired) electrons. The highest BCUT2D eigenvalue weighted by molar-refractivity contribution is 8.14. The minimum atomic E-state index is -0.369. The van der Waals surface area contributed by atoms with Crippen molar-refractivity contribution >= 4 is 22.8 Å². The van der Waals surface area contributed by atoms with Gasteiger partial charge in [-0.1, -0.05) is 72.4 Å². The smallest absolute Gasteiger partial charge is 0.237 e. The highest BCUT2D eigenvalue weighted by Gasteiger charge is 2.30. The van der Waals surface area contributed by atoms with Crippen molar-refractivity contribution in [2.24, 2.45) is 0 Å². The van der Waals surface area contributed by atoms with Gasteiger partial charge in [-0.15, -0.1) is 0 Å². The van der Waals surface area contributed by atoms with Crippen molar-refractivity contribution in [3.8, 4) is 0 Å². The van der Waals surface area contributed by atoms with Crippen molar-refractivity contribution < 1.29 is 9.59 Å². The fourth-order valence-corrected chi connectivity index (χ4v) is 3.99. The molecule has 1 saturated heterocycles. The second-order valence-corrected chi connectivity index (χ2v) is 7.55. The van der Waals surface area contributed by atoms with Crippen LogP contribution in [0.3, 0.4) is 0 Å². The molecule has 1 aliphatic rings. The first-order valence-corrected chi connectivity index (χ1v) is 9.99. The van der Waals surface area contributed by atoms with Gasteiger partial charge in [-0.05, 0) is 30.4 Å². The molecule has 0 saturated carbocycles. The Morgan fingerprint density at radius 1 is 1.04 bits per heavy atom. The van der Waals surface area contributed by atoms with Crippen LogP contribution in [-0.4, -0.2) is 28.9 Å². The predicted octanol–water partition coefficient (Wildman–Crippen LogP) is 2.93. The largest absolute Gasteiger partial charge is 0.351 e. The van der Waals surface area contributed by atoms with Crippen molar-refractivity contribution in [1.29, 1.82) is 0 Å². The number of hydrogen-bond donors (Lipinski definition) is 2. The molecule has 0 aromatic heterocycles. The number of benzene rings is 2. The van der Waals surface area contributed by atoms with Gasteiger partial charge in [-0.3, -0.25) is 14.9 Å². The summed E-state index contributed by atoms with van der Waals surface area (Å²) in [6.45, 7) is 0.497. The topological polar surface area (TPSA) is 58.2 Å². The summed E-state index contributed by atoms with van der Waals surface area (Å²) in [5, 5.41) is 6.44. The number of nitrogens with one attached hydrogen (secondary N) is 2. The Bertz CT molecular complexity index is 721. The fraction of sp³-hybridized carbons (Fsp3) is 0.333. The van der Waals surface area contributed by atoms with Crippen LogP contribution in [0.5, 0.6) is 0 Å². The van der Waals surface area contributed by atoms with Crippen LogP contribution in [0, 0.1) is 0 Å². The summed E-state index contributed by atoms with van der Waals surface area (Å²) in [5.74, 6) is 0.780. The summed E-state index contributed by atoms with van der Waals surface area (Å²) in [4.78, 5) is 24.7. The summed E-state index contributed by atoms with van der Waals surface area (Å²) in [7, 11) is 0. The van der Waals surface area contributed by atoms with E-state index in [2.05, 4.69) is 22.8 Å². The van der Waals surface area contributed by atoms with Crippen LogP contribution in [-0.2, 0) is 22.6 Å². The number of hydrogen-bond acceptors (Lipinski definition) is 4.